The van der Waals surface area contributed by atoms with E-state index in [-0.39, 0.29) is 0 Å². The largest absolute Gasteiger partial charge is 0.481 e. The van der Waals surface area contributed by atoms with E-state index >= 15 is 0 Å². The zero-order valence-corrected chi connectivity index (χ0v) is 11.3. The molecular formula is C13H25N3O. The number of ether oxygens (including phenoxy) is 1. The molecule has 0 aromatic carbocycles. The Bertz CT molecular complexity index is 310. The Morgan fingerprint density at radius 2 is 2.06 bits per heavy atom. The molecule has 0 fully saturated rings. The summed E-state index contributed by atoms with van der Waals surface area (Å²) in [5, 5.41) is 7.77. The molecule has 0 amide bonds. The maximum atomic E-state index is 5.17. The van der Waals surface area contributed by atoms with Crippen molar-refractivity contribution in [1.82, 2.24) is 15.1 Å². The molecule has 17 heavy (non-hydrogen) atoms. The lowest BCUT2D eigenvalue weighted by Crippen LogP contribution is -2.15. The predicted octanol–water partition coefficient (Wildman–Crippen LogP) is 2.49. The lowest BCUT2D eigenvalue weighted by atomic mass is 10.1. The van der Waals surface area contributed by atoms with Crippen molar-refractivity contribution in [3.8, 4) is 5.88 Å². The van der Waals surface area contributed by atoms with E-state index < -0.39 is 0 Å². The van der Waals surface area contributed by atoms with Crippen molar-refractivity contribution in [3.05, 3.63) is 11.8 Å². The Morgan fingerprint density at radius 3 is 2.71 bits per heavy atom. The van der Waals surface area contributed by atoms with Gasteiger partial charge in [0.25, 0.3) is 0 Å². The molecule has 1 aromatic heterocycles. The monoisotopic (exact) mass is 239 g/mol. The fourth-order valence-electron chi connectivity index (χ4n) is 1.85. The summed E-state index contributed by atoms with van der Waals surface area (Å²) < 4.78 is 6.93. The van der Waals surface area contributed by atoms with Crippen molar-refractivity contribution in [3.63, 3.8) is 0 Å². The van der Waals surface area contributed by atoms with E-state index in [0.29, 0.717) is 0 Å². The van der Waals surface area contributed by atoms with Gasteiger partial charge in [-0.1, -0.05) is 32.6 Å². The van der Waals surface area contributed by atoms with Gasteiger partial charge in [0.05, 0.1) is 12.8 Å². The zero-order valence-electron chi connectivity index (χ0n) is 11.3. The molecule has 0 spiro atoms. The van der Waals surface area contributed by atoms with Crippen LogP contribution in [-0.4, -0.2) is 23.4 Å². The van der Waals surface area contributed by atoms with Crippen LogP contribution in [0.3, 0.4) is 0 Å². The first-order chi connectivity index (χ1) is 8.27. The molecule has 0 radical (unpaired) electrons. The molecule has 0 saturated carbocycles. The third kappa shape index (κ3) is 5.22. The second-order valence-electron chi connectivity index (χ2n) is 4.39. The minimum absolute atomic E-state index is 0.810. The maximum Gasteiger partial charge on any atom is 0.211 e. The number of nitrogens with one attached hydrogen (secondary N) is 1. The molecular weight excluding hydrogens is 214 g/mol. The number of rotatable bonds is 9. The van der Waals surface area contributed by atoms with Gasteiger partial charge in [-0.3, -0.25) is 0 Å². The third-order valence-electron chi connectivity index (χ3n) is 2.86. The highest BCUT2D eigenvalue weighted by atomic mass is 16.5. The van der Waals surface area contributed by atoms with Gasteiger partial charge in [-0.15, -0.1) is 0 Å². The zero-order chi connectivity index (χ0) is 12.5. The van der Waals surface area contributed by atoms with Gasteiger partial charge in [-0.25, -0.2) is 4.68 Å². The lowest BCUT2D eigenvalue weighted by molar-refractivity contribution is 0.373. The molecule has 0 unspecified atom stereocenters. The molecule has 4 heteroatoms. The van der Waals surface area contributed by atoms with Crippen LogP contribution < -0.4 is 10.1 Å². The first-order valence-corrected chi connectivity index (χ1v) is 6.55. The minimum atomic E-state index is 0.810. The van der Waals surface area contributed by atoms with Crippen LogP contribution in [0.25, 0.3) is 0 Å². The maximum absolute atomic E-state index is 5.17. The highest BCUT2D eigenvalue weighted by Crippen LogP contribution is 2.10. The van der Waals surface area contributed by atoms with Crippen LogP contribution in [0, 0.1) is 0 Å². The number of nitrogens with zero attached hydrogens (tertiary/aromatic N) is 2. The molecule has 0 aliphatic carbocycles. The van der Waals surface area contributed by atoms with Crippen molar-refractivity contribution in [2.45, 2.75) is 45.6 Å². The predicted molar refractivity (Wildman–Crippen MR) is 70.2 cm³/mol. The van der Waals surface area contributed by atoms with E-state index in [4.69, 9.17) is 4.74 Å². The van der Waals surface area contributed by atoms with Crippen LogP contribution in [0.4, 0.5) is 0 Å². The molecule has 1 N–H and O–H groups in total. The van der Waals surface area contributed by atoms with Gasteiger partial charge in [-0.2, -0.15) is 5.10 Å². The molecule has 0 atom stereocenters. The molecule has 4 nitrogen and oxygen atoms in total. The van der Waals surface area contributed by atoms with E-state index in [2.05, 4.69) is 17.3 Å². The topological polar surface area (TPSA) is 39.1 Å². The van der Waals surface area contributed by atoms with Crippen LogP contribution in [0.2, 0.25) is 0 Å². The Labute approximate surface area is 104 Å². The minimum Gasteiger partial charge on any atom is -0.481 e. The molecule has 98 valence electrons. The van der Waals surface area contributed by atoms with E-state index in [0.717, 1.165) is 24.7 Å². The number of hydrogen-bond donors (Lipinski definition) is 1. The van der Waals surface area contributed by atoms with E-state index in [1.54, 1.807) is 11.8 Å². The molecule has 1 heterocycles. The van der Waals surface area contributed by atoms with Crippen molar-refractivity contribution in [1.29, 1.82) is 0 Å². The smallest absolute Gasteiger partial charge is 0.211 e. The van der Waals surface area contributed by atoms with E-state index in [1.807, 2.05) is 13.1 Å². The summed E-state index contributed by atoms with van der Waals surface area (Å²) in [6.07, 6.45) is 6.60. The third-order valence-corrected chi connectivity index (χ3v) is 2.86. The molecule has 0 aliphatic rings. The van der Waals surface area contributed by atoms with Crippen molar-refractivity contribution in [2.75, 3.05) is 13.7 Å². The normalized spacial score (nSPS) is 10.8. The number of aryl methyl sites for hydroxylation is 1. The first-order valence-electron chi connectivity index (χ1n) is 6.55. The Morgan fingerprint density at radius 1 is 1.29 bits per heavy atom. The van der Waals surface area contributed by atoms with Gasteiger partial charge in [0.1, 0.15) is 0 Å². The number of aromatic nitrogens is 2. The fourth-order valence-corrected chi connectivity index (χ4v) is 1.85. The first kappa shape index (κ1) is 14.0. The number of hydrogen-bond acceptors (Lipinski definition) is 3. The summed E-state index contributed by atoms with van der Waals surface area (Å²) in [6, 6.07) is 1.98. The highest BCUT2D eigenvalue weighted by molar-refractivity contribution is 5.15. The van der Waals surface area contributed by atoms with Crippen molar-refractivity contribution >= 4 is 0 Å². The molecule has 1 rings (SSSR count). The average Bonchev–Trinajstić information content (AvgIpc) is 2.68. The van der Waals surface area contributed by atoms with Gasteiger partial charge in [0, 0.05) is 19.7 Å². The molecule has 0 bridgehead atoms. The van der Waals surface area contributed by atoms with Crippen molar-refractivity contribution in [2.24, 2.45) is 7.05 Å². The number of unbranched alkanes of at least 4 members (excludes halogenated alkanes) is 4. The van der Waals surface area contributed by atoms with Crippen LogP contribution >= 0.6 is 0 Å². The highest BCUT2D eigenvalue weighted by Gasteiger charge is 2.03. The summed E-state index contributed by atoms with van der Waals surface area (Å²) in [4.78, 5) is 0. The quantitative estimate of drug-likeness (QED) is 0.673. The fraction of sp³-hybridized carbons (Fsp3) is 0.769. The van der Waals surface area contributed by atoms with Crippen LogP contribution in [-0.2, 0) is 13.6 Å². The van der Waals surface area contributed by atoms with Gasteiger partial charge >= 0.3 is 0 Å². The van der Waals surface area contributed by atoms with Crippen molar-refractivity contribution < 1.29 is 4.74 Å². The standard InChI is InChI=1S/C13H25N3O/c1-4-5-6-7-8-9-14-11-12-10-13(17-3)16(2)15-12/h10,14H,4-9,11H2,1-3H3. The molecule has 0 aliphatic heterocycles. The van der Waals surface area contributed by atoms with Gasteiger partial charge in [0.2, 0.25) is 5.88 Å². The summed E-state index contributed by atoms with van der Waals surface area (Å²) >= 11 is 0. The lowest BCUT2D eigenvalue weighted by Gasteiger charge is -2.02. The van der Waals surface area contributed by atoms with Crippen LogP contribution in [0.1, 0.15) is 44.7 Å². The Kier molecular flexibility index (Phi) is 6.70. The number of methoxy groups -OCH3 is 1. The second kappa shape index (κ2) is 8.12. The second-order valence-corrected chi connectivity index (χ2v) is 4.39. The Hall–Kier alpha value is -1.03. The summed E-state index contributed by atoms with van der Waals surface area (Å²) in [5.74, 6) is 0.810. The van der Waals surface area contributed by atoms with Crippen LogP contribution in [0.5, 0.6) is 5.88 Å². The molecule has 0 saturated heterocycles. The average molecular weight is 239 g/mol. The van der Waals surface area contributed by atoms with Gasteiger partial charge in [-0.05, 0) is 13.0 Å². The SMILES string of the molecule is CCCCCCCNCc1cc(OC)n(C)n1. The Balaban J connectivity index is 2.09. The van der Waals surface area contributed by atoms with Gasteiger partial charge in [0.15, 0.2) is 0 Å². The van der Waals surface area contributed by atoms with Gasteiger partial charge < -0.3 is 10.1 Å². The van der Waals surface area contributed by atoms with Crippen LogP contribution in [0.15, 0.2) is 6.07 Å². The summed E-state index contributed by atoms with van der Waals surface area (Å²) in [6.45, 7) is 4.14. The van der Waals surface area contributed by atoms with E-state index in [9.17, 15) is 0 Å². The van der Waals surface area contributed by atoms with E-state index in [1.165, 1.54) is 32.1 Å². The summed E-state index contributed by atoms with van der Waals surface area (Å²) in [5.41, 5.74) is 1.04. The molecule has 1 aromatic rings. The summed E-state index contributed by atoms with van der Waals surface area (Å²) in [7, 11) is 3.56.